The van der Waals surface area contributed by atoms with E-state index < -0.39 is 5.97 Å². The molecule has 6 rings (SSSR count). The molecule has 0 aliphatic heterocycles. The SMILES string of the molecule is O=C(O)c1c2c(nc3ccccc13)/C(=C/c1cn(-c3ccccc3)nc1-c1cccc(Cl)c1)CC2. The number of carboxylic acids is 1. The Kier molecular flexibility index (Phi) is 5.20. The number of aromatic nitrogens is 3. The highest BCUT2D eigenvalue weighted by atomic mass is 35.5. The second-order valence-corrected chi connectivity index (χ2v) is 8.97. The van der Waals surface area contributed by atoms with Gasteiger partial charge in [0.25, 0.3) is 0 Å². The first kappa shape index (κ1) is 21.3. The van der Waals surface area contributed by atoms with Crippen LogP contribution in [0.15, 0.2) is 85.1 Å². The Hall–Kier alpha value is -4.22. The number of rotatable bonds is 4. The van der Waals surface area contributed by atoms with Crippen LogP contribution in [0.5, 0.6) is 0 Å². The molecule has 0 saturated heterocycles. The van der Waals surface area contributed by atoms with Gasteiger partial charge in [-0.15, -0.1) is 0 Å². The zero-order valence-electron chi connectivity index (χ0n) is 18.6. The Balaban J connectivity index is 1.55. The topological polar surface area (TPSA) is 68.0 Å². The maximum Gasteiger partial charge on any atom is 0.336 e. The highest BCUT2D eigenvalue weighted by Gasteiger charge is 2.27. The summed E-state index contributed by atoms with van der Waals surface area (Å²) in [4.78, 5) is 17.1. The highest BCUT2D eigenvalue weighted by Crippen LogP contribution is 2.39. The van der Waals surface area contributed by atoms with Crippen LogP contribution in [-0.4, -0.2) is 25.8 Å². The highest BCUT2D eigenvalue weighted by molar-refractivity contribution is 6.30. The molecule has 3 aromatic carbocycles. The summed E-state index contributed by atoms with van der Waals surface area (Å²) in [6.07, 6.45) is 5.43. The van der Waals surface area contributed by atoms with Crippen molar-refractivity contribution in [3.8, 4) is 16.9 Å². The molecule has 35 heavy (non-hydrogen) atoms. The lowest BCUT2D eigenvalue weighted by Crippen LogP contribution is -2.05. The maximum atomic E-state index is 12.2. The smallest absolute Gasteiger partial charge is 0.336 e. The average molecular weight is 478 g/mol. The van der Waals surface area contributed by atoms with E-state index in [1.54, 1.807) is 0 Å². The van der Waals surface area contributed by atoms with Crippen LogP contribution in [0.2, 0.25) is 5.02 Å². The van der Waals surface area contributed by atoms with E-state index in [0.717, 1.165) is 39.3 Å². The first-order chi connectivity index (χ1) is 17.1. The Bertz CT molecular complexity index is 1640. The molecular formula is C29H20ClN3O2. The molecule has 5 aromatic rings. The summed E-state index contributed by atoms with van der Waals surface area (Å²) < 4.78 is 1.86. The summed E-state index contributed by atoms with van der Waals surface area (Å²) in [6, 6.07) is 25.0. The number of para-hydroxylation sites is 2. The molecule has 170 valence electrons. The standard InChI is InChI=1S/C29H20ClN3O2/c30-21-8-6-7-18(16-21)27-20(17-33(32-27)22-9-2-1-3-10-22)15-19-13-14-24-26(29(34)35)23-11-4-5-12-25(23)31-28(19)24/h1-12,15-17H,13-14H2,(H,34,35)/b19-15+. The molecular weight excluding hydrogens is 458 g/mol. The molecule has 0 unspecified atom stereocenters. The van der Waals surface area contributed by atoms with Crippen LogP contribution >= 0.6 is 11.6 Å². The molecule has 1 aliphatic rings. The molecule has 0 atom stereocenters. The number of hydrogen-bond acceptors (Lipinski definition) is 3. The molecule has 2 heterocycles. The Morgan fingerprint density at radius 3 is 2.54 bits per heavy atom. The third-order valence-corrected chi connectivity index (χ3v) is 6.58. The molecule has 0 saturated carbocycles. The Labute approximate surface area is 206 Å². The van der Waals surface area contributed by atoms with E-state index in [2.05, 4.69) is 6.08 Å². The lowest BCUT2D eigenvalue weighted by molar-refractivity contribution is 0.0698. The normalized spacial score (nSPS) is 13.9. The molecule has 0 amide bonds. The number of fused-ring (bicyclic) bond motifs is 2. The first-order valence-corrected chi connectivity index (χ1v) is 11.7. The minimum atomic E-state index is -0.919. The molecule has 1 N–H and O–H groups in total. The van der Waals surface area contributed by atoms with Crippen molar-refractivity contribution in [2.45, 2.75) is 12.8 Å². The zero-order chi connectivity index (χ0) is 23.9. The predicted molar refractivity (Wildman–Crippen MR) is 139 cm³/mol. The average Bonchev–Trinajstić information content (AvgIpc) is 3.47. The molecule has 0 spiro atoms. The Morgan fingerprint density at radius 1 is 0.943 bits per heavy atom. The largest absolute Gasteiger partial charge is 0.478 e. The molecule has 0 fully saturated rings. The van der Waals surface area contributed by atoms with Gasteiger partial charge in [-0.3, -0.25) is 0 Å². The van der Waals surface area contributed by atoms with Gasteiger partial charge >= 0.3 is 5.97 Å². The van der Waals surface area contributed by atoms with Gasteiger partial charge < -0.3 is 5.11 Å². The van der Waals surface area contributed by atoms with Crippen molar-refractivity contribution in [1.29, 1.82) is 0 Å². The second-order valence-electron chi connectivity index (χ2n) is 8.53. The molecule has 0 radical (unpaired) electrons. The summed E-state index contributed by atoms with van der Waals surface area (Å²) in [5.74, 6) is -0.919. The van der Waals surface area contributed by atoms with E-state index >= 15 is 0 Å². The minimum Gasteiger partial charge on any atom is -0.478 e. The molecule has 5 nitrogen and oxygen atoms in total. The first-order valence-electron chi connectivity index (χ1n) is 11.4. The number of pyridine rings is 1. The summed E-state index contributed by atoms with van der Waals surface area (Å²) in [5, 5.41) is 16.2. The van der Waals surface area contributed by atoms with E-state index in [1.165, 1.54) is 0 Å². The third-order valence-electron chi connectivity index (χ3n) is 6.35. The van der Waals surface area contributed by atoms with Gasteiger partial charge in [0.1, 0.15) is 5.69 Å². The van der Waals surface area contributed by atoms with Crippen LogP contribution in [0.3, 0.4) is 0 Å². The zero-order valence-corrected chi connectivity index (χ0v) is 19.4. The van der Waals surface area contributed by atoms with Crippen LogP contribution in [0.4, 0.5) is 0 Å². The van der Waals surface area contributed by atoms with Crippen molar-refractivity contribution in [2.24, 2.45) is 0 Å². The van der Waals surface area contributed by atoms with E-state index in [-0.39, 0.29) is 0 Å². The Morgan fingerprint density at radius 2 is 1.74 bits per heavy atom. The van der Waals surface area contributed by atoms with Crippen LogP contribution in [-0.2, 0) is 6.42 Å². The number of hydrogen-bond donors (Lipinski definition) is 1. The number of carbonyl (C=O) groups is 1. The fourth-order valence-electron chi connectivity index (χ4n) is 4.78. The third kappa shape index (κ3) is 3.80. The van der Waals surface area contributed by atoms with Gasteiger partial charge in [-0.25, -0.2) is 14.5 Å². The van der Waals surface area contributed by atoms with Crippen LogP contribution in [0.1, 0.15) is 33.6 Å². The fourth-order valence-corrected chi connectivity index (χ4v) is 4.97. The number of benzene rings is 3. The number of nitrogens with zero attached hydrogens (tertiary/aromatic N) is 3. The van der Waals surface area contributed by atoms with Crippen LogP contribution < -0.4 is 0 Å². The van der Waals surface area contributed by atoms with Gasteiger partial charge in [0, 0.05) is 27.7 Å². The van der Waals surface area contributed by atoms with E-state index in [0.29, 0.717) is 34.3 Å². The van der Waals surface area contributed by atoms with Crippen molar-refractivity contribution < 1.29 is 9.90 Å². The van der Waals surface area contributed by atoms with Gasteiger partial charge in [-0.2, -0.15) is 5.10 Å². The van der Waals surface area contributed by atoms with Gasteiger partial charge in [0.2, 0.25) is 0 Å². The minimum absolute atomic E-state index is 0.351. The number of halogens is 1. The second kappa shape index (κ2) is 8.53. The van der Waals surface area contributed by atoms with Crippen LogP contribution in [0.25, 0.3) is 39.5 Å². The van der Waals surface area contributed by atoms with Gasteiger partial charge in [0.05, 0.1) is 22.5 Å². The molecule has 1 aliphatic carbocycles. The van der Waals surface area contributed by atoms with Gasteiger partial charge in [-0.1, -0.05) is 60.1 Å². The summed E-state index contributed by atoms with van der Waals surface area (Å²) in [7, 11) is 0. The molecule has 6 heteroatoms. The predicted octanol–water partition coefficient (Wildman–Crippen LogP) is 6.93. The van der Waals surface area contributed by atoms with Crippen molar-refractivity contribution in [3.05, 3.63) is 112 Å². The lowest BCUT2D eigenvalue weighted by atomic mass is 10.0. The molecule has 2 aromatic heterocycles. The number of allylic oxidation sites excluding steroid dienone is 1. The number of aromatic carboxylic acids is 1. The van der Waals surface area contributed by atoms with Crippen molar-refractivity contribution in [3.63, 3.8) is 0 Å². The van der Waals surface area contributed by atoms with Gasteiger partial charge in [-0.05, 0) is 60.4 Å². The van der Waals surface area contributed by atoms with Crippen molar-refractivity contribution >= 4 is 40.1 Å². The number of carboxylic acid groups (broad SMARTS) is 1. The van der Waals surface area contributed by atoms with E-state index in [4.69, 9.17) is 21.7 Å². The van der Waals surface area contributed by atoms with Gasteiger partial charge in [0.15, 0.2) is 0 Å². The van der Waals surface area contributed by atoms with E-state index in [1.807, 2.05) is 89.7 Å². The summed E-state index contributed by atoms with van der Waals surface area (Å²) >= 11 is 6.30. The quantitative estimate of drug-likeness (QED) is 0.305. The van der Waals surface area contributed by atoms with Crippen LogP contribution in [0, 0.1) is 0 Å². The van der Waals surface area contributed by atoms with Crippen molar-refractivity contribution in [1.82, 2.24) is 14.8 Å². The monoisotopic (exact) mass is 477 g/mol. The van der Waals surface area contributed by atoms with Crippen molar-refractivity contribution in [2.75, 3.05) is 0 Å². The van der Waals surface area contributed by atoms with E-state index in [9.17, 15) is 9.90 Å². The lowest BCUT2D eigenvalue weighted by Gasteiger charge is -2.09. The maximum absolute atomic E-state index is 12.2. The summed E-state index contributed by atoms with van der Waals surface area (Å²) in [6.45, 7) is 0. The fraction of sp³-hybridized carbons (Fsp3) is 0.0690. The summed E-state index contributed by atoms with van der Waals surface area (Å²) in [5.41, 5.74) is 7.18. The molecule has 0 bridgehead atoms.